The van der Waals surface area contributed by atoms with E-state index in [0.717, 1.165) is 6.07 Å². The first-order chi connectivity index (χ1) is 10.3. The summed E-state index contributed by atoms with van der Waals surface area (Å²) in [7, 11) is 2.78. The zero-order valence-electron chi connectivity index (χ0n) is 12.6. The molecule has 0 saturated carbocycles. The van der Waals surface area contributed by atoms with Gasteiger partial charge in [-0.3, -0.25) is 0 Å². The fourth-order valence-electron chi connectivity index (χ4n) is 2.25. The van der Waals surface area contributed by atoms with Crippen molar-refractivity contribution in [1.29, 1.82) is 0 Å². The lowest BCUT2D eigenvalue weighted by Gasteiger charge is -2.28. The van der Waals surface area contributed by atoms with Crippen LogP contribution in [0.2, 0.25) is 0 Å². The van der Waals surface area contributed by atoms with Crippen molar-refractivity contribution in [3.8, 4) is 11.1 Å². The lowest BCUT2D eigenvalue weighted by Crippen LogP contribution is -2.27. The molecule has 2 aromatic rings. The zero-order chi connectivity index (χ0) is 16.4. The number of halogens is 3. The Morgan fingerprint density at radius 3 is 1.95 bits per heavy atom. The molecule has 0 aliphatic rings. The molecule has 0 spiro atoms. The van der Waals surface area contributed by atoms with Gasteiger partial charge in [-0.25, -0.2) is 0 Å². The molecular formula is C17H17F3O2. The third-order valence-corrected chi connectivity index (χ3v) is 3.71. The second-order valence-corrected chi connectivity index (χ2v) is 4.98. The number of hydrogen-bond donors (Lipinski definition) is 0. The van der Waals surface area contributed by atoms with E-state index in [-0.39, 0.29) is 5.56 Å². The highest BCUT2D eigenvalue weighted by Gasteiger charge is 2.36. The highest BCUT2D eigenvalue weighted by Crippen LogP contribution is 2.39. The first kappa shape index (κ1) is 16.5. The first-order valence-electron chi connectivity index (χ1n) is 6.69. The monoisotopic (exact) mass is 310 g/mol. The topological polar surface area (TPSA) is 18.5 Å². The van der Waals surface area contributed by atoms with Gasteiger partial charge < -0.3 is 9.47 Å². The molecule has 0 atom stereocenters. The summed E-state index contributed by atoms with van der Waals surface area (Å²) in [5, 5.41) is 0. The Balaban J connectivity index is 2.63. The van der Waals surface area contributed by atoms with E-state index >= 15 is 0 Å². The summed E-state index contributed by atoms with van der Waals surface area (Å²) < 4.78 is 50.7. The molecule has 0 unspecified atom stereocenters. The summed E-state index contributed by atoms with van der Waals surface area (Å²) in [4.78, 5) is 0. The standard InChI is InChI=1S/C17H17F3O2/c1-16(21-2,22-3)13-9-10-14(12-7-5-4-6-8-12)15(11-13)17(18,19)20/h4-11H,1-3H3. The minimum Gasteiger partial charge on any atom is -0.349 e. The predicted octanol–water partition coefficient (Wildman–Crippen LogP) is 4.84. The number of ether oxygens (including phenoxy) is 2. The maximum atomic E-state index is 13.4. The van der Waals surface area contributed by atoms with Gasteiger partial charge in [0.2, 0.25) is 0 Å². The third-order valence-electron chi connectivity index (χ3n) is 3.71. The van der Waals surface area contributed by atoms with Crippen molar-refractivity contribution >= 4 is 0 Å². The van der Waals surface area contributed by atoms with E-state index in [9.17, 15) is 13.2 Å². The Morgan fingerprint density at radius 2 is 1.45 bits per heavy atom. The molecule has 0 saturated heterocycles. The predicted molar refractivity (Wildman–Crippen MR) is 78.3 cm³/mol. The van der Waals surface area contributed by atoms with Crippen molar-refractivity contribution in [2.24, 2.45) is 0 Å². The zero-order valence-corrected chi connectivity index (χ0v) is 12.6. The van der Waals surface area contributed by atoms with Crippen LogP contribution in [0.15, 0.2) is 48.5 Å². The molecule has 0 aromatic heterocycles. The Morgan fingerprint density at radius 1 is 0.864 bits per heavy atom. The molecule has 0 aliphatic heterocycles. The van der Waals surface area contributed by atoms with E-state index in [1.54, 1.807) is 43.3 Å². The molecule has 0 fully saturated rings. The van der Waals surface area contributed by atoms with E-state index < -0.39 is 17.5 Å². The van der Waals surface area contributed by atoms with Gasteiger partial charge in [-0.1, -0.05) is 42.5 Å². The molecule has 0 amide bonds. The fraction of sp³-hybridized carbons (Fsp3) is 0.294. The van der Waals surface area contributed by atoms with Crippen LogP contribution in [0.3, 0.4) is 0 Å². The first-order valence-corrected chi connectivity index (χ1v) is 6.69. The summed E-state index contributed by atoms with van der Waals surface area (Å²) in [6, 6.07) is 12.6. The average Bonchev–Trinajstić information content (AvgIpc) is 2.53. The summed E-state index contributed by atoms with van der Waals surface area (Å²) in [6.07, 6.45) is -4.47. The summed E-state index contributed by atoms with van der Waals surface area (Å²) >= 11 is 0. The highest BCUT2D eigenvalue weighted by molar-refractivity contribution is 5.68. The SMILES string of the molecule is COC(C)(OC)c1ccc(-c2ccccc2)c(C(F)(F)F)c1. The van der Waals surface area contributed by atoms with Gasteiger partial charge in [0.15, 0.2) is 5.79 Å². The number of methoxy groups -OCH3 is 2. The number of hydrogen-bond acceptors (Lipinski definition) is 2. The fourth-order valence-corrected chi connectivity index (χ4v) is 2.25. The molecule has 0 N–H and O–H groups in total. The Hall–Kier alpha value is -1.85. The van der Waals surface area contributed by atoms with E-state index in [1.807, 2.05) is 0 Å². The molecule has 118 valence electrons. The normalized spacial score (nSPS) is 12.5. The van der Waals surface area contributed by atoms with Gasteiger partial charge in [0.1, 0.15) is 0 Å². The van der Waals surface area contributed by atoms with Gasteiger partial charge in [0, 0.05) is 19.8 Å². The Kier molecular flexibility index (Phi) is 4.58. The van der Waals surface area contributed by atoms with Crippen molar-refractivity contribution in [3.05, 3.63) is 59.7 Å². The van der Waals surface area contributed by atoms with Crippen molar-refractivity contribution in [2.75, 3.05) is 14.2 Å². The number of benzene rings is 2. The lowest BCUT2D eigenvalue weighted by molar-refractivity contribution is -0.202. The minimum absolute atomic E-state index is 0.131. The van der Waals surface area contributed by atoms with Gasteiger partial charge in [-0.2, -0.15) is 13.2 Å². The second-order valence-electron chi connectivity index (χ2n) is 4.98. The molecule has 0 heterocycles. The molecule has 22 heavy (non-hydrogen) atoms. The van der Waals surface area contributed by atoms with Gasteiger partial charge in [0.05, 0.1) is 5.56 Å². The molecule has 2 nitrogen and oxygen atoms in total. The number of rotatable bonds is 4. The molecule has 5 heteroatoms. The van der Waals surface area contributed by atoms with Gasteiger partial charge in [-0.05, 0) is 24.1 Å². The molecule has 2 aromatic carbocycles. The van der Waals surface area contributed by atoms with Crippen molar-refractivity contribution in [2.45, 2.75) is 18.9 Å². The number of alkyl halides is 3. The van der Waals surface area contributed by atoms with Gasteiger partial charge in [0.25, 0.3) is 0 Å². The van der Waals surface area contributed by atoms with Crippen LogP contribution in [0.25, 0.3) is 11.1 Å². The molecular weight excluding hydrogens is 293 g/mol. The van der Waals surface area contributed by atoms with Crippen LogP contribution in [-0.2, 0) is 21.4 Å². The van der Waals surface area contributed by atoms with Crippen LogP contribution in [0, 0.1) is 0 Å². The molecule has 0 aliphatic carbocycles. The second kappa shape index (κ2) is 6.10. The van der Waals surface area contributed by atoms with Crippen molar-refractivity contribution in [3.63, 3.8) is 0 Å². The summed E-state index contributed by atoms with van der Waals surface area (Å²) in [6.45, 7) is 1.57. The van der Waals surface area contributed by atoms with Crippen LogP contribution in [0.4, 0.5) is 13.2 Å². The van der Waals surface area contributed by atoms with Crippen molar-refractivity contribution in [1.82, 2.24) is 0 Å². The summed E-state index contributed by atoms with van der Waals surface area (Å²) in [5.74, 6) is -1.23. The van der Waals surface area contributed by atoms with Crippen LogP contribution >= 0.6 is 0 Å². The lowest BCUT2D eigenvalue weighted by atomic mass is 9.94. The van der Waals surface area contributed by atoms with Crippen LogP contribution in [0.5, 0.6) is 0 Å². The Bertz CT molecular complexity index is 632. The Labute approximate surface area is 127 Å². The van der Waals surface area contributed by atoms with Crippen molar-refractivity contribution < 1.29 is 22.6 Å². The maximum Gasteiger partial charge on any atom is 0.417 e. The van der Waals surface area contributed by atoms with E-state index in [4.69, 9.17) is 9.47 Å². The molecule has 0 bridgehead atoms. The highest BCUT2D eigenvalue weighted by atomic mass is 19.4. The smallest absolute Gasteiger partial charge is 0.349 e. The van der Waals surface area contributed by atoms with E-state index in [1.165, 1.54) is 20.3 Å². The average molecular weight is 310 g/mol. The third kappa shape index (κ3) is 3.15. The van der Waals surface area contributed by atoms with Gasteiger partial charge >= 0.3 is 6.18 Å². The minimum atomic E-state index is -4.47. The van der Waals surface area contributed by atoms with Crippen LogP contribution in [0.1, 0.15) is 18.1 Å². The summed E-state index contributed by atoms with van der Waals surface area (Å²) in [5.41, 5.74) is 0.241. The van der Waals surface area contributed by atoms with Gasteiger partial charge in [-0.15, -0.1) is 0 Å². The maximum absolute atomic E-state index is 13.4. The quantitative estimate of drug-likeness (QED) is 0.752. The van der Waals surface area contributed by atoms with Crippen LogP contribution < -0.4 is 0 Å². The molecule has 0 radical (unpaired) electrons. The largest absolute Gasteiger partial charge is 0.417 e. The van der Waals surface area contributed by atoms with E-state index in [2.05, 4.69) is 0 Å². The molecule has 2 rings (SSSR count). The van der Waals surface area contributed by atoms with Crippen LogP contribution in [-0.4, -0.2) is 14.2 Å². The van der Waals surface area contributed by atoms with E-state index in [0.29, 0.717) is 11.1 Å².